The third-order valence-corrected chi connectivity index (χ3v) is 4.33. The average molecular weight is 244 g/mol. The van der Waals surface area contributed by atoms with Gasteiger partial charge in [0.2, 0.25) is 0 Å². The topological polar surface area (TPSA) is 29.5 Å². The van der Waals surface area contributed by atoms with Gasteiger partial charge >= 0.3 is 0 Å². The zero-order valence-electron chi connectivity index (χ0n) is 8.59. The number of hydrogen-bond donors (Lipinski definition) is 1. The molecule has 0 bridgehead atoms. The number of hydrogen-bond acceptors (Lipinski definition) is 4. The first-order valence-corrected chi connectivity index (χ1v) is 7.34. The molecular weight excluding hydrogens is 228 g/mol. The highest BCUT2D eigenvalue weighted by molar-refractivity contribution is 7.99. The Bertz CT molecular complexity index is 268. The minimum absolute atomic E-state index is 0.0439. The predicted octanol–water partition coefficient (Wildman–Crippen LogP) is 2.17. The molecule has 4 heteroatoms. The number of ether oxygens (including phenoxy) is 1. The number of aryl methyl sites for hydroxylation is 1. The fraction of sp³-hybridized carbons (Fsp3) is 0.636. The first-order chi connectivity index (χ1) is 7.36. The first kappa shape index (κ1) is 11.5. The number of aliphatic hydroxyl groups excluding tert-OH is 1. The van der Waals surface area contributed by atoms with Crippen molar-refractivity contribution in [2.45, 2.75) is 25.0 Å². The van der Waals surface area contributed by atoms with Crippen LogP contribution in [0.2, 0.25) is 0 Å². The molecule has 1 aliphatic rings. The van der Waals surface area contributed by atoms with E-state index in [9.17, 15) is 5.11 Å². The molecule has 0 aromatic carbocycles. The highest BCUT2D eigenvalue weighted by atomic mass is 32.2. The van der Waals surface area contributed by atoms with Crippen LogP contribution in [-0.2, 0) is 11.2 Å². The smallest absolute Gasteiger partial charge is 0.0924 e. The Labute approximate surface area is 98.7 Å². The van der Waals surface area contributed by atoms with Crippen LogP contribution in [0.3, 0.4) is 0 Å². The van der Waals surface area contributed by atoms with Crippen LogP contribution < -0.4 is 0 Å². The van der Waals surface area contributed by atoms with Crippen molar-refractivity contribution in [2.75, 3.05) is 18.1 Å². The van der Waals surface area contributed by atoms with Crippen molar-refractivity contribution >= 4 is 23.1 Å². The molecule has 2 nitrogen and oxygen atoms in total. The molecule has 1 N–H and O–H groups in total. The quantitative estimate of drug-likeness (QED) is 0.880. The summed E-state index contributed by atoms with van der Waals surface area (Å²) in [6.45, 7) is 0.783. The van der Waals surface area contributed by atoms with E-state index in [0.29, 0.717) is 0 Å². The third-order valence-electron chi connectivity index (χ3n) is 2.58. The van der Waals surface area contributed by atoms with Gasteiger partial charge in [0.25, 0.3) is 0 Å². The van der Waals surface area contributed by atoms with Crippen LogP contribution in [0.1, 0.15) is 12.0 Å². The minimum atomic E-state index is -0.308. The molecule has 15 heavy (non-hydrogen) atoms. The molecule has 1 aromatic rings. The van der Waals surface area contributed by atoms with Crippen molar-refractivity contribution in [3.05, 3.63) is 22.4 Å². The van der Waals surface area contributed by atoms with Gasteiger partial charge in [0.1, 0.15) is 0 Å². The van der Waals surface area contributed by atoms with Gasteiger partial charge in [0.15, 0.2) is 0 Å². The number of thioether (sulfide) groups is 1. The molecule has 1 saturated heterocycles. The van der Waals surface area contributed by atoms with Crippen LogP contribution in [0, 0.1) is 0 Å². The highest BCUT2D eigenvalue weighted by Crippen LogP contribution is 2.18. The predicted molar refractivity (Wildman–Crippen MR) is 65.7 cm³/mol. The second-order valence-corrected chi connectivity index (χ2v) is 5.65. The van der Waals surface area contributed by atoms with Crippen molar-refractivity contribution in [3.8, 4) is 0 Å². The SMILES string of the molecule is OC(CCc1ccsc1)C1CSCCO1. The van der Waals surface area contributed by atoms with E-state index in [4.69, 9.17) is 4.74 Å². The van der Waals surface area contributed by atoms with Gasteiger partial charge in [-0.3, -0.25) is 0 Å². The summed E-state index contributed by atoms with van der Waals surface area (Å²) in [5.74, 6) is 2.00. The second-order valence-electron chi connectivity index (χ2n) is 3.72. The van der Waals surface area contributed by atoms with Gasteiger partial charge in [-0.1, -0.05) is 0 Å². The first-order valence-electron chi connectivity index (χ1n) is 5.25. The third kappa shape index (κ3) is 3.48. The van der Waals surface area contributed by atoms with E-state index in [-0.39, 0.29) is 12.2 Å². The van der Waals surface area contributed by atoms with Crippen LogP contribution in [0.4, 0.5) is 0 Å². The summed E-state index contributed by atoms with van der Waals surface area (Å²) in [6.07, 6.45) is 1.50. The van der Waals surface area contributed by atoms with Crippen molar-refractivity contribution in [1.29, 1.82) is 0 Å². The number of aliphatic hydroxyl groups is 1. The largest absolute Gasteiger partial charge is 0.390 e. The average Bonchev–Trinajstić information content (AvgIpc) is 2.80. The lowest BCUT2D eigenvalue weighted by Gasteiger charge is -2.26. The number of thiophene rings is 1. The Balaban J connectivity index is 1.74. The molecule has 2 unspecified atom stereocenters. The van der Waals surface area contributed by atoms with Crippen molar-refractivity contribution < 1.29 is 9.84 Å². The Hall–Kier alpha value is -0.0300. The maximum Gasteiger partial charge on any atom is 0.0924 e. The van der Waals surface area contributed by atoms with Crippen molar-refractivity contribution in [2.24, 2.45) is 0 Å². The van der Waals surface area contributed by atoms with E-state index in [2.05, 4.69) is 16.8 Å². The van der Waals surface area contributed by atoms with E-state index in [1.807, 2.05) is 11.8 Å². The van der Waals surface area contributed by atoms with E-state index < -0.39 is 0 Å². The fourth-order valence-corrected chi connectivity index (χ4v) is 3.30. The molecule has 1 fully saturated rings. The zero-order chi connectivity index (χ0) is 10.5. The van der Waals surface area contributed by atoms with Gasteiger partial charge in [-0.15, -0.1) is 0 Å². The molecule has 1 aliphatic heterocycles. The second kappa shape index (κ2) is 5.89. The van der Waals surface area contributed by atoms with Crippen LogP contribution in [-0.4, -0.2) is 35.4 Å². The summed E-state index contributed by atoms with van der Waals surface area (Å²) in [5.41, 5.74) is 1.32. The lowest BCUT2D eigenvalue weighted by Crippen LogP contribution is -2.35. The summed E-state index contributed by atoms with van der Waals surface area (Å²) in [6, 6.07) is 2.12. The molecule has 84 valence electrons. The monoisotopic (exact) mass is 244 g/mol. The maximum atomic E-state index is 9.94. The Morgan fingerprint density at radius 2 is 2.53 bits per heavy atom. The van der Waals surface area contributed by atoms with Gasteiger partial charge < -0.3 is 9.84 Å². The Morgan fingerprint density at radius 1 is 1.60 bits per heavy atom. The van der Waals surface area contributed by atoms with E-state index in [1.54, 1.807) is 11.3 Å². The van der Waals surface area contributed by atoms with Crippen LogP contribution >= 0.6 is 23.1 Å². The summed E-state index contributed by atoms with van der Waals surface area (Å²) in [5, 5.41) is 14.2. The fourth-order valence-electron chi connectivity index (χ4n) is 1.66. The standard InChI is InChI=1S/C11H16O2S2/c12-10(11-8-15-6-4-13-11)2-1-9-3-5-14-7-9/h3,5,7,10-12H,1-2,4,6,8H2. The van der Waals surface area contributed by atoms with Crippen molar-refractivity contribution in [3.63, 3.8) is 0 Å². The Kier molecular flexibility index (Phi) is 4.50. The molecule has 0 saturated carbocycles. The maximum absolute atomic E-state index is 9.94. The molecule has 0 aliphatic carbocycles. The zero-order valence-corrected chi connectivity index (χ0v) is 10.2. The summed E-state index contributed by atoms with van der Waals surface area (Å²) in [7, 11) is 0. The lowest BCUT2D eigenvalue weighted by molar-refractivity contribution is -0.0244. The van der Waals surface area contributed by atoms with Gasteiger partial charge in [0, 0.05) is 11.5 Å². The van der Waals surface area contributed by atoms with Gasteiger partial charge in [-0.2, -0.15) is 23.1 Å². The van der Waals surface area contributed by atoms with E-state index in [0.717, 1.165) is 31.0 Å². The van der Waals surface area contributed by atoms with Crippen LogP contribution in [0.15, 0.2) is 16.8 Å². The van der Waals surface area contributed by atoms with Gasteiger partial charge in [-0.05, 0) is 35.2 Å². The van der Waals surface area contributed by atoms with Crippen LogP contribution in [0.25, 0.3) is 0 Å². The molecule has 0 spiro atoms. The molecule has 2 heterocycles. The molecule has 0 radical (unpaired) electrons. The molecule has 0 amide bonds. The normalized spacial score (nSPS) is 23.9. The van der Waals surface area contributed by atoms with Crippen molar-refractivity contribution in [1.82, 2.24) is 0 Å². The van der Waals surface area contributed by atoms with E-state index >= 15 is 0 Å². The molecule has 2 rings (SSSR count). The van der Waals surface area contributed by atoms with Crippen LogP contribution in [0.5, 0.6) is 0 Å². The highest BCUT2D eigenvalue weighted by Gasteiger charge is 2.22. The molecular formula is C11H16O2S2. The lowest BCUT2D eigenvalue weighted by atomic mass is 10.1. The van der Waals surface area contributed by atoms with Gasteiger partial charge in [0.05, 0.1) is 18.8 Å². The van der Waals surface area contributed by atoms with E-state index in [1.165, 1.54) is 5.56 Å². The molecule has 1 aromatic heterocycles. The summed E-state index contributed by atoms with van der Waals surface area (Å²) >= 11 is 3.58. The molecule has 2 atom stereocenters. The number of rotatable bonds is 4. The van der Waals surface area contributed by atoms with Gasteiger partial charge in [-0.25, -0.2) is 0 Å². The minimum Gasteiger partial charge on any atom is -0.390 e. The Morgan fingerprint density at radius 3 is 3.20 bits per heavy atom. The summed E-state index contributed by atoms with van der Waals surface area (Å²) < 4.78 is 5.54. The summed E-state index contributed by atoms with van der Waals surface area (Å²) in [4.78, 5) is 0.